The molecule has 0 aliphatic carbocycles. The second-order valence-electron chi connectivity index (χ2n) is 3.40. The number of hydrogen-bond acceptors (Lipinski definition) is 2. The third kappa shape index (κ3) is 2.99. The first kappa shape index (κ1) is 13.5. The molecule has 0 aliphatic heterocycles. The summed E-state index contributed by atoms with van der Waals surface area (Å²) in [6.07, 6.45) is -4.32. The first-order chi connectivity index (χ1) is 7.91. The summed E-state index contributed by atoms with van der Waals surface area (Å²) in [6, 6.07) is 3.54. The van der Waals surface area contributed by atoms with Gasteiger partial charge in [-0.1, -0.05) is 13.0 Å². The Hall–Kier alpha value is -1.52. The van der Waals surface area contributed by atoms with Gasteiger partial charge >= 0.3 is 12.1 Å². The Balaban J connectivity index is 3.29. The Morgan fingerprint density at radius 1 is 1.29 bits per heavy atom. The van der Waals surface area contributed by atoms with Gasteiger partial charge in [0.05, 0.1) is 17.7 Å². The van der Waals surface area contributed by atoms with E-state index in [1.807, 2.05) is 0 Å². The van der Waals surface area contributed by atoms with Gasteiger partial charge in [-0.15, -0.1) is 0 Å². The number of hydrogen-bond donors (Lipinski definition) is 0. The third-order valence-corrected chi connectivity index (χ3v) is 2.33. The van der Waals surface area contributed by atoms with Crippen LogP contribution in [0.5, 0.6) is 0 Å². The molecule has 17 heavy (non-hydrogen) atoms. The topological polar surface area (TPSA) is 26.3 Å². The van der Waals surface area contributed by atoms with Gasteiger partial charge < -0.3 is 4.74 Å². The van der Waals surface area contributed by atoms with Crippen LogP contribution in [0.3, 0.4) is 0 Å². The van der Waals surface area contributed by atoms with Gasteiger partial charge in [0.15, 0.2) is 0 Å². The van der Waals surface area contributed by atoms with Gasteiger partial charge in [-0.25, -0.2) is 4.79 Å². The van der Waals surface area contributed by atoms with Gasteiger partial charge in [0.25, 0.3) is 0 Å². The van der Waals surface area contributed by atoms with Crippen molar-refractivity contribution >= 4 is 5.97 Å². The van der Waals surface area contributed by atoms with Crippen LogP contribution in [0, 0.1) is 0 Å². The molecule has 0 aliphatic rings. The SMILES string of the molecule is CCOC(=O)c1cccc(C(F)(F)F)c1CC. The van der Waals surface area contributed by atoms with Crippen molar-refractivity contribution in [3.8, 4) is 0 Å². The summed E-state index contributed by atoms with van der Waals surface area (Å²) >= 11 is 0. The second kappa shape index (κ2) is 5.21. The zero-order valence-electron chi connectivity index (χ0n) is 9.60. The number of esters is 1. The quantitative estimate of drug-likeness (QED) is 0.763. The highest BCUT2D eigenvalue weighted by Gasteiger charge is 2.34. The maximum atomic E-state index is 12.7. The predicted octanol–water partition coefficient (Wildman–Crippen LogP) is 3.44. The molecule has 0 fully saturated rings. The number of halogens is 3. The van der Waals surface area contributed by atoms with Crippen molar-refractivity contribution in [2.45, 2.75) is 26.4 Å². The molecule has 2 nitrogen and oxygen atoms in total. The lowest BCUT2D eigenvalue weighted by molar-refractivity contribution is -0.138. The van der Waals surface area contributed by atoms with Crippen LogP contribution in [0.25, 0.3) is 0 Å². The summed E-state index contributed by atoms with van der Waals surface area (Å²) in [5.74, 6) is -0.713. The highest BCUT2D eigenvalue weighted by Crippen LogP contribution is 2.33. The second-order valence-corrected chi connectivity index (χ2v) is 3.40. The summed E-state index contributed by atoms with van der Waals surface area (Å²) in [5, 5.41) is 0. The zero-order chi connectivity index (χ0) is 13.1. The summed E-state index contributed by atoms with van der Waals surface area (Å²) in [4.78, 5) is 11.5. The van der Waals surface area contributed by atoms with E-state index in [0.29, 0.717) is 0 Å². The third-order valence-electron chi connectivity index (χ3n) is 2.33. The Labute approximate surface area is 97.4 Å². The van der Waals surface area contributed by atoms with Crippen molar-refractivity contribution in [2.75, 3.05) is 6.61 Å². The molecule has 0 radical (unpaired) electrons. The van der Waals surface area contributed by atoms with Crippen LogP contribution in [-0.4, -0.2) is 12.6 Å². The minimum absolute atomic E-state index is 0.0100. The molecule has 0 amide bonds. The van der Waals surface area contributed by atoms with Crippen LogP contribution in [0.4, 0.5) is 13.2 Å². The molecular formula is C12H13F3O2. The van der Waals surface area contributed by atoms with Crippen molar-refractivity contribution in [1.82, 2.24) is 0 Å². The minimum atomic E-state index is -4.45. The molecule has 0 bridgehead atoms. The van der Waals surface area contributed by atoms with Crippen molar-refractivity contribution in [3.63, 3.8) is 0 Å². The number of benzene rings is 1. The predicted molar refractivity (Wildman–Crippen MR) is 56.8 cm³/mol. The molecule has 0 saturated carbocycles. The molecule has 0 aromatic heterocycles. The Kier molecular flexibility index (Phi) is 4.15. The fourth-order valence-corrected chi connectivity index (χ4v) is 1.63. The standard InChI is InChI=1S/C12H13F3O2/c1-3-8-9(11(16)17-4-2)6-5-7-10(8)12(13,14)15/h5-7H,3-4H2,1-2H3. The van der Waals surface area contributed by atoms with Gasteiger partial charge in [0.1, 0.15) is 0 Å². The number of alkyl halides is 3. The van der Waals surface area contributed by atoms with E-state index in [0.717, 1.165) is 6.07 Å². The first-order valence-electron chi connectivity index (χ1n) is 5.28. The lowest BCUT2D eigenvalue weighted by atomic mass is 9.98. The molecule has 0 unspecified atom stereocenters. The minimum Gasteiger partial charge on any atom is -0.462 e. The highest BCUT2D eigenvalue weighted by molar-refractivity contribution is 5.91. The van der Waals surface area contributed by atoms with Gasteiger partial charge in [-0.2, -0.15) is 13.2 Å². The normalized spacial score (nSPS) is 11.4. The fourth-order valence-electron chi connectivity index (χ4n) is 1.63. The highest BCUT2D eigenvalue weighted by atomic mass is 19.4. The maximum absolute atomic E-state index is 12.7. The maximum Gasteiger partial charge on any atom is 0.416 e. The van der Waals surface area contributed by atoms with Crippen LogP contribution in [0.15, 0.2) is 18.2 Å². The zero-order valence-corrected chi connectivity index (χ0v) is 9.60. The molecule has 0 saturated heterocycles. The Bertz CT molecular complexity index is 411. The van der Waals surface area contributed by atoms with Crippen LogP contribution >= 0.6 is 0 Å². The number of rotatable bonds is 3. The molecule has 94 valence electrons. The molecule has 1 aromatic rings. The van der Waals surface area contributed by atoms with Crippen LogP contribution < -0.4 is 0 Å². The van der Waals surface area contributed by atoms with Crippen molar-refractivity contribution in [2.24, 2.45) is 0 Å². The van der Waals surface area contributed by atoms with Crippen molar-refractivity contribution in [3.05, 3.63) is 34.9 Å². The molecule has 0 atom stereocenters. The van der Waals surface area contributed by atoms with Crippen molar-refractivity contribution < 1.29 is 22.7 Å². The smallest absolute Gasteiger partial charge is 0.416 e. The van der Waals surface area contributed by atoms with E-state index < -0.39 is 17.7 Å². The van der Waals surface area contributed by atoms with Gasteiger partial charge in [-0.3, -0.25) is 0 Å². The molecular weight excluding hydrogens is 233 g/mol. The number of carbonyl (C=O) groups is 1. The van der Waals surface area contributed by atoms with E-state index in [1.54, 1.807) is 13.8 Å². The van der Waals surface area contributed by atoms with Crippen LogP contribution in [0.1, 0.15) is 35.3 Å². The number of ether oxygens (including phenoxy) is 1. The van der Waals surface area contributed by atoms with E-state index in [2.05, 4.69) is 0 Å². The van der Waals surface area contributed by atoms with E-state index in [4.69, 9.17) is 4.74 Å². The Morgan fingerprint density at radius 2 is 1.94 bits per heavy atom. The fraction of sp³-hybridized carbons (Fsp3) is 0.417. The molecule has 1 aromatic carbocycles. The molecule has 1 rings (SSSR count). The average Bonchev–Trinajstić information content (AvgIpc) is 2.27. The van der Waals surface area contributed by atoms with Crippen LogP contribution in [0.2, 0.25) is 0 Å². The largest absolute Gasteiger partial charge is 0.462 e. The summed E-state index contributed by atoms with van der Waals surface area (Å²) in [6.45, 7) is 3.32. The van der Waals surface area contributed by atoms with E-state index in [1.165, 1.54) is 12.1 Å². The van der Waals surface area contributed by atoms with E-state index in [9.17, 15) is 18.0 Å². The molecule has 0 heterocycles. The molecule has 0 spiro atoms. The van der Waals surface area contributed by atoms with E-state index in [-0.39, 0.29) is 24.2 Å². The first-order valence-corrected chi connectivity index (χ1v) is 5.28. The summed E-state index contributed by atoms with van der Waals surface area (Å²) in [7, 11) is 0. The Morgan fingerprint density at radius 3 is 2.41 bits per heavy atom. The molecule has 0 N–H and O–H groups in total. The number of carbonyl (C=O) groups excluding carboxylic acids is 1. The van der Waals surface area contributed by atoms with Crippen molar-refractivity contribution in [1.29, 1.82) is 0 Å². The average molecular weight is 246 g/mol. The molecule has 5 heteroatoms. The summed E-state index contributed by atoms with van der Waals surface area (Å²) in [5.41, 5.74) is -0.798. The summed E-state index contributed by atoms with van der Waals surface area (Å²) < 4.78 is 42.9. The van der Waals surface area contributed by atoms with Crippen LogP contribution in [-0.2, 0) is 17.3 Å². The van der Waals surface area contributed by atoms with Gasteiger partial charge in [0, 0.05) is 0 Å². The lowest BCUT2D eigenvalue weighted by Crippen LogP contribution is -2.14. The monoisotopic (exact) mass is 246 g/mol. The van der Waals surface area contributed by atoms with Gasteiger partial charge in [-0.05, 0) is 31.0 Å². The lowest BCUT2D eigenvalue weighted by Gasteiger charge is -2.14. The van der Waals surface area contributed by atoms with Gasteiger partial charge in [0.2, 0.25) is 0 Å². The van der Waals surface area contributed by atoms with E-state index >= 15 is 0 Å².